The molecule has 3 amide bonds. The van der Waals surface area contributed by atoms with Gasteiger partial charge in [-0.2, -0.15) is 0 Å². The number of benzene rings is 1. The van der Waals surface area contributed by atoms with Gasteiger partial charge in [-0.3, -0.25) is 24.1 Å². The molecule has 0 unspecified atom stereocenters. The minimum Gasteiger partial charge on any atom is -0.497 e. The van der Waals surface area contributed by atoms with Crippen molar-refractivity contribution in [2.45, 2.75) is 50.9 Å². The van der Waals surface area contributed by atoms with E-state index in [2.05, 4.69) is 16.0 Å². The van der Waals surface area contributed by atoms with Crippen LogP contribution in [-0.4, -0.2) is 98.7 Å². The van der Waals surface area contributed by atoms with Crippen LogP contribution in [0.5, 0.6) is 5.75 Å². The van der Waals surface area contributed by atoms with Gasteiger partial charge in [-0.25, -0.2) is 0 Å². The molecule has 0 aromatic heterocycles. The normalized spacial score (nSPS) is 22.0. The summed E-state index contributed by atoms with van der Waals surface area (Å²) in [6.45, 7) is 7.75. The average Bonchev–Trinajstić information content (AvgIpc) is 3.62. The summed E-state index contributed by atoms with van der Waals surface area (Å²) in [7, 11) is 1.56. The molecule has 2 saturated heterocycles. The van der Waals surface area contributed by atoms with Crippen molar-refractivity contribution < 1.29 is 33.4 Å². The summed E-state index contributed by atoms with van der Waals surface area (Å²) in [5, 5.41) is 8.11. The highest BCUT2D eigenvalue weighted by Gasteiger charge is 2.49. The fraction of sp³-hybridized carbons (Fsp3) is 0.600. The predicted octanol–water partition coefficient (Wildman–Crippen LogP) is -0.578. The summed E-state index contributed by atoms with van der Waals surface area (Å²) in [5.74, 6) is -0.856. The second-order valence-corrected chi connectivity index (χ2v) is 9.41. The summed E-state index contributed by atoms with van der Waals surface area (Å²) < 4.78 is 15.7. The summed E-state index contributed by atoms with van der Waals surface area (Å²) in [6.07, 6.45) is 0.185. The number of nitrogens with zero attached hydrogens (tertiary/aromatic N) is 1. The number of rotatable bonds is 12. The van der Waals surface area contributed by atoms with Crippen LogP contribution in [0.4, 0.5) is 0 Å². The molecule has 3 N–H and O–H groups in total. The fourth-order valence-corrected chi connectivity index (χ4v) is 3.91. The van der Waals surface area contributed by atoms with Crippen molar-refractivity contribution >= 4 is 23.5 Å². The first-order valence-electron chi connectivity index (χ1n) is 12.1. The van der Waals surface area contributed by atoms with Crippen molar-refractivity contribution in [1.29, 1.82) is 0 Å². The lowest BCUT2D eigenvalue weighted by atomic mass is 10.0. The van der Waals surface area contributed by atoms with Gasteiger partial charge in [-0.05, 0) is 38.5 Å². The molecule has 3 rings (SSSR count). The lowest BCUT2D eigenvalue weighted by molar-refractivity contribution is -0.134. The zero-order valence-corrected chi connectivity index (χ0v) is 21.3. The Morgan fingerprint density at radius 3 is 2.22 bits per heavy atom. The summed E-state index contributed by atoms with van der Waals surface area (Å²) >= 11 is 0. The van der Waals surface area contributed by atoms with E-state index >= 15 is 0 Å². The van der Waals surface area contributed by atoms with Crippen LogP contribution in [0, 0.1) is 0 Å². The molecule has 0 radical (unpaired) electrons. The molecule has 0 aliphatic carbocycles. The Morgan fingerprint density at radius 2 is 1.64 bits per heavy atom. The van der Waals surface area contributed by atoms with E-state index in [1.54, 1.807) is 52.1 Å². The van der Waals surface area contributed by atoms with Crippen molar-refractivity contribution in [3.63, 3.8) is 0 Å². The maximum Gasteiger partial charge on any atom is 0.243 e. The highest BCUT2D eigenvalue weighted by molar-refractivity contribution is 5.98. The van der Waals surface area contributed by atoms with E-state index in [4.69, 9.17) is 14.2 Å². The number of hydrogen-bond donors (Lipinski definition) is 3. The third-order valence-corrected chi connectivity index (χ3v) is 6.32. The molecule has 2 heterocycles. The van der Waals surface area contributed by atoms with E-state index in [1.165, 1.54) is 0 Å². The van der Waals surface area contributed by atoms with E-state index in [-0.39, 0.29) is 24.7 Å². The zero-order chi connectivity index (χ0) is 26.3. The predicted molar refractivity (Wildman–Crippen MR) is 130 cm³/mol. The van der Waals surface area contributed by atoms with Crippen LogP contribution in [0.15, 0.2) is 24.3 Å². The largest absolute Gasteiger partial charge is 0.497 e. The van der Waals surface area contributed by atoms with E-state index in [9.17, 15) is 19.2 Å². The van der Waals surface area contributed by atoms with Crippen LogP contribution in [0.25, 0.3) is 0 Å². The zero-order valence-electron chi connectivity index (χ0n) is 21.3. The van der Waals surface area contributed by atoms with Gasteiger partial charge < -0.3 is 30.2 Å². The van der Waals surface area contributed by atoms with Crippen LogP contribution in [0.1, 0.15) is 26.3 Å². The van der Waals surface area contributed by atoms with Gasteiger partial charge in [0, 0.05) is 19.5 Å². The van der Waals surface area contributed by atoms with Gasteiger partial charge in [0.25, 0.3) is 0 Å². The van der Waals surface area contributed by atoms with E-state index < -0.39 is 35.5 Å². The SMILES string of the molecule is COc1ccc(C[C@H](NC(=O)[C@H](C)NC(=O)CN2CCOCC2)C(=O)N[C@@H](C)C(=O)[C@@]2(C)CO2)cc1. The number of Topliss-reactive ketones (excluding diaryl/α,β-unsaturated/α-hetero) is 1. The molecular formula is C25H36N4O7. The Morgan fingerprint density at radius 1 is 1.00 bits per heavy atom. The minimum atomic E-state index is -0.965. The molecule has 198 valence electrons. The molecule has 1 aromatic rings. The number of nitrogens with one attached hydrogen (secondary N) is 3. The molecule has 11 heteroatoms. The van der Waals surface area contributed by atoms with Crippen molar-refractivity contribution in [3.05, 3.63) is 29.8 Å². The van der Waals surface area contributed by atoms with E-state index in [1.807, 2.05) is 4.90 Å². The van der Waals surface area contributed by atoms with Crippen LogP contribution >= 0.6 is 0 Å². The molecule has 2 aliphatic heterocycles. The first kappa shape index (κ1) is 27.6. The maximum atomic E-state index is 13.1. The maximum absolute atomic E-state index is 13.1. The third kappa shape index (κ3) is 7.74. The standard InChI is InChI=1S/C25H36N4O7/c1-16(22(31)25(3)15-36-25)27-24(33)20(13-18-5-7-19(34-4)8-6-18)28-23(32)17(2)26-21(30)14-29-9-11-35-12-10-29/h5-8,16-17,20H,9-15H2,1-4H3,(H,26,30)(H,27,33)(H,28,32)/t16-,17-,20-,25+/m0/s1. The first-order chi connectivity index (χ1) is 17.1. The summed E-state index contributed by atoms with van der Waals surface area (Å²) in [5.41, 5.74) is -0.0857. The van der Waals surface area contributed by atoms with Crippen molar-refractivity contribution in [2.75, 3.05) is 46.6 Å². The number of carbonyl (C=O) groups excluding carboxylic acids is 4. The van der Waals surface area contributed by atoms with Gasteiger partial charge in [-0.15, -0.1) is 0 Å². The number of epoxide rings is 1. The second-order valence-electron chi connectivity index (χ2n) is 9.41. The van der Waals surface area contributed by atoms with Crippen LogP contribution in [0.3, 0.4) is 0 Å². The Kier molecular flexibility index (Phi) is 9.41. The highest BCUT2D eigenvalue weighted by Crippen LogP contribution is 2.28. The number of ether oxygens (including phenoxy) is 3. The molecule has 4 atom stereocenters. The molecular weight excluding hydrogens is 468 g/mol. The molecule has 2 fully saturated rings. The number of morpholine rings is 1. The lowest BCUT2D eigenvalue weighted by Crippen LogP contribution is -2.56. The van der Waals surface area contributed by atoms with Crippen molar-refractivity contribution in [2.24, 2.45) is 0 Å². The first-order valence-corrected chi connectivity index (χ1v) is 12.1. The topological polar surface area (TPSA) is 139 Å². The van der Waals surface area contributed by atoms with Gasteiger partial charge in [0.15, 0.2) is 5.78 Å². The van der Waals surface area contributed by atoms with Crippen molar-refractivity contribution in [1.82, 2.24) is 20.9 Å². The van der Waals surface area contributed by atoms with E-state index in [0.717, 1.165) is 5.56 Å². The quantitative estimate of drug-likeness (QED) is 0.322. The summed E-state index contributed by atoms with van der Waals surface area (Å²) in [4.78, 5) is 52.9. The molecule has 2 aliphatic rings. The van der Waals surface area contributed by atoms with Crippen molar-refractivity contribution in [3.8, 4) is 5.75 Å². The van der Waals surface area contributed by atoms with Gasteiger partial charge in [0.1, 0.15) is 23.4 Å². The van der Waals surface area contributed by atoms with Gasteiger partial charge >= 0.3 is 0 Å². The monoisotopic (exact) mass is 504 g/mol. The van der Waals surface area contributed by atoms with E-state index in [0.29, 0.717) is 38.7 Å². The molecule has 0 bridgehead atoms. The Hall–Kier alpha value is -3.02. The molecule has 1 aromatic carbocycles. The molecule has 0 saturated carbocycles. The van der Waals surface area contributed by atoms with Gasteiger partial charge in [-0.1, -0.05) is 12.1 Å². The molecule has 0 spiro atoms. The van der Waals surface area contributed by atoms with Gasteiger partial charge in [0.2, 0.25) is 17.7 Å². The molecule has 36 heavy (non-hydrogen) atoms. The Bertz CT molecular complexity index is 942. The number of ketones is 1. The number of methoxy groups -OCH3 is 1. The number of amides is 3. The number of carbonyl (C=O) groups is 4. The van der Waals surface area contributed by atoms with Crippen LogP contribution in [-0.2, 0) is 35.1 Å². The minimum absolute atomic E-state index is 0.164. The second kappa shape index (κ2) is 12.3. The van der Waals surface area contributed by atoms with Gasteiger partial charge in [0.05, 0.1) is 39.5 Å². The smallest absolute Gasteiger partial charge is 0.243 e. The van der Waals surface area contributed by atoms with Crippen LogP contribution in [0.2, 0.25) is 0 Å². The fourth-order valence-electron chi connectivity index (χ4n) is 3.91. The molecule has 11 nitrogen and oxygen atoms in total. The number of hydrogen-bond acceptors (Lipinski definition) is 8. The highest BCUT2D eigenvalue weighted by atomic mass is 16.6. The average molecular weight is 505 g/mol. The third-order valence-electron chi connectivity index (χ3n) is 6.32. The van der Waals surface area contributed by atoms with Crippen LogP contribution < -0.4 is 20.7 Å². The lowest BCUT2D eigenvalue weighted by Gasteiger charge is -2.27. The Labute approximate surface area is 211 Å². The summed E-state index contributed by atoms with van der Waals surface area (Å²) in [6, 6.07) is 4.51. The Balaban J connectivity index is 1.62.